The van der Waals surface area contributed by atoms with Crippen LogP contribution in [0.1, 0.15) is 24.0 Å². The van der Waals surface area contributed by atoms with E-state index in [1.807, 2.05) is 6.07 Å². The van der Waals surface area contributed by atoms with E-state index in [2.05, 4.69) is 0 Å². The Morgan fingerprint density at radius 1 is 1.21 bits per heavy atom. The number of carbonyl (C=O) groups is 1. The van der Waals surface area contributed by atoms with Crippen LogP contribution in [-0.2, 0) is 26.2 Å². The van der Waals surface area contributed by atoms with Crippen molar-refractivity contribution in [3.05, 3.63) is 58.6 Å². The highest BCUT2D eigenvalue weighted by Gasteiger charge is 2.27. The van der Waals surface area contributed by atoms with Crippen molar-refractivity contribution in [3.63, 3.8) is 0 Å². The fourth-order valence-corrected chi connectivity index (χ4v) is 4.81. The maximum Gasteiger partial charge on any atom is 0.340 e. The zero-order valence-corrected chi connectivity index (χ0v) is 18.0. The Labute approximate surface area is 176 Å². The molecule has 2 aromatic rings. The Balaban J connectivity index is 1.79. The minimum absolute atomic E-state index is 0.0169. The first-order valence-corrected chi connectivity index (χ1v) is 11.1. The predicted octanol–water partition coefficient (Wildman–Crippen LogP) is 3.80. The number of benzene rings is 2. The van der Waals surface area contributed by atoms with Crippen LogP contribution in [0.3, 0.4) is 0 Å². The SMILES string of the molecule is COCC(=O)N(Cc1cccc(OS(=O)(=O)c2c(C)cccc2Cl)c1)CC1CC1. The van der Waals surface area contributed by atoms with Gasteiger partial charge in [0, 0.05) is 20.2 Å². The maximum atomic E-state index is 12.7. The standard InChI is InChI=1S/C21H24ClNO5S/c1-15-5-3-8-19(22)21(15)29(25,26)28-18-7-4-6-17(11-18)13-23(12-16-9-10-16)20(24)14-27-2/h3-8,11,16H,9-10,12-14H2,1-2H3. The average Bonchev–Trinajstić information content (AvgIpc) is 3.45. The van der Waals surface area contributed by atoms with Crippen LogP contribution in [0.15, 0.2) is 47.4 Å². The lowest BCUT2D eigenvalue weighted by Gasteiger charge is -2.22. The second-order valence-electron chi connectivity index (χ2n) is 7.22. The van der Waals surface area contributed by atoms with Crippen molar-refractivity contribution in [2.75, 3.05) is 20.3 Å². The number of hydrogen-bond donors (Lipinski definition) is 0. The van der Waals surface area contributed by atoms with E-state index in [0.29, 0.717) is 24.6 Å². The van der Waals surface area contributed by atoms with Crippen molar-refractivity contribution < 1.29 is 22.1 Å². The van der Waals surface area contributed by atoms with Gasteiger partial charge in [-0.2, -0.15) is 8.42 Å². The van der Waals surface area contributed by atoms with E-state index in [1.54, 1.807) is 42.2 Å². The summed E-state index contributed by atoms with van der Waals surface area (Å²) in [6.07, 6.45) is 2.24. The molecular formula is C21H24ClNO5S. The van der Waals surface area contributed by atoms with Crippen LogP contribution in [0, 0.1) is 12.8 Å². The number of amides is 1. The van der Waals surface area contributed by atoms with E-state index in [-0.39, 0.29) is 28.2 Å². The second kappa shape index (κ2) is 9.15. The number of hydrogen-bond acceptors (Lipinski definition) is 5. The van der Waals surface area contributed by atoms with E-state index in [9.17, 15) is 13.2 Å². The number of halogens is 1. The van der Waals surface area contributed by atoms with Gasteiger partial charge in [0.25, 0.3) is 0 Å². The highest BCUT2D eigenvalue weighted by molar-refractivity contribution is 7.87. The van der Waals surface area contributed by atoms with Crippen LogP contribution in [0.2, 0.25) is 5.02 Å². The molecule has 2 aromatic carbocycles. The molecule has 0 heterocycles. The molecule has 1 fully saturated rings. The number of ether oxygens (including phenoxy) is 1. The second-order valence-corrected chi connectivity index (χ2v) is 9.11. The Kier molecular flexibility index (Phi) is 6.82. The summed E-state index contributed by atoms with van der Waals surface area (Å²) in [5.74, 6) is 0.608. The van der Waals surface area contributed by atoms with E-state index < -0.39 is 10.1 Å². The lowest BCUT2D eigenvalue weighted by Crippen LogP contribution is -2.35. The first-order valence-electron chi connectivity index (χ1n) is 9.35. The van der Waals surface area contributed by atoms with Gasteiger partial charge in [-0.05, 0) is 55.0 Å². The van der Waals surface area contributed by atoms with Gasteiger partial charge in [0.1, 0.15) is 17.3 Å². The molecule has 0 aromatic heterocycles. The number of methoxy groups -OCH3 is 1. The summed E-state index contributed by atoms with van der Waals surface area (Å²) in [7, 11) is -2.60. The minimum atomic E-state index is -4.09. The largest absolute Gasteiger partial charge is 0.379 e. The molecule has 0 atom stereocenters. The van der Waals surface area contributed by atoms with Gasteiger partial charge in [-0.25, -0.2) is 0 Å². The van der Waals surface area contributed by atoms with Crippen LogP contribution in [-0.4, -0.2) is 39.5 Å². The van der Waals surface area contributed by atoms with Gasteiger partial charge in [-0.1, -0.05) is 35.9 Å². The van der Waals surface area contributed by atoms with E-state index in [0.717, 1.165) is 18.4 Å². The lowest BCUT2D eigenvalue weighted by atomic mass is 10.2. The molecule has 8 heteroatoms. The van der Waals surface area contributed by atoms with Crippen molar-refractivity contribution in [1.82, 2.24) is 4.90 Å². The van der Waals surface area contributed by atoms with Gasteiger partial charge in [0.15, 0.2) is 0 Å². The summed E-state index contributed by atoms with van der Waals surface area (Å²) in [6.45, 7) is 2.71. The van der Waals surface area contributed by atoms with Crippen LogP contribution in [0.25, 0.3) is 0 Å². The molecule has 0 spiro atoms. The van der Waals surface area contributed by atoms with Gasteiger partial charge >= 0.3 is 10.1 Å². The molecule has 0 unspecified atom stereocenters. The van der Waals surface area contributed by atoms with Crippen molar-refractivity contribution in [3.8, 4) is 5.75 Å². The van der Waals surface area contributed by atoms with Gasteiger partial charge in [-0.3, -0.25) is 4.79 Å². The van der Waals surface area contributed by atoms with Gasteiger partial charge in [0.2, 0.25) is 5.91 Å². The van der Waals surface area contributed by atoms with Gasteiger partial charge in [-0.15, -0.1) is 0 Å². The monoisotopic (exact) mass is 437 g/mol. The molecule has 1 aliphatic rings. The fraction of sp³-hybridized carbons (Fsp3) is 0.381. The van der Waals surface area contributed by atoms with E-state index in [1.165, 1.54) is 13.2 Å². The molecule has 29 heavy (non-hydrogen) atoms. The molecule has 1 aliphatic carbocycles. The highest BCUT2D eigenvalue weighted by Crippen LogP contribution is 2.31. The summed E-state index contributed by atoms with van der Waals surface area (Å²) in [5.41, 5.74) is 1.29. The van der Waals surface area contributed by atoms with Crippen LogP contribution in [0.5, 0.6) is 5.75 Å². The number of nitrogens with zero attached hydrogens (tertiary/aromatic N) is 1. The van der Waals surface area contributed by atoms with Crippen LogP contribution < -0.4 is 4.18 Å². The van der Waals surface area contributed by atoms with Crippen LogP contribution in [0.4, 0.5) is 0 Å². The fourth-order valence-electron chi connectivity index (χ4n) is 3.10. The van der Waals surface area contributed by atoms with Crippen LogP contribution >= 0.6 is 11.6 Å². The Morgan fingerprint density at radius 3 is 2.59 bits per heavy atom. The molecule has 0 bridgehead atoms. The molecule has 3 rings (SSSR count). The summed E-state index contributed by atoms with van der Waals surface area (Å²) >= 11 is 6.08. The number of carbonyl (C=O) groups excluding carboxylic acids is 1. The molecule has 6 nitrogen and oxygen atoms in total. The summed E-state index contributed by atoms with van der Waals surface area (Å²) in [4.78, 5) is 14.0. The summed E-state index contributed by atoms with van der Waals surface area (Å²) in [5, 5.41) is 0.113. The average molecular weight is 438 g/mol. The number of rotatable bonds is 9. The van der Waals surface area contributed by atoms with Crippen molar-refractivity contribution in [2.24, 2.45) is 5.92 Å². The molecular weight excluding hydrogens is 414 g/mol. The zero-order chi connectivity index (χ0) is 21.0. The summed E-state index contributed by atoms with van der Waals surface area (Å²) < 4.78 is 35.8. The van der Waals surface area contributed by atoms with Crippen molar-refractivity contribution in [2.45, 2.75) is 31.2 Å². The van der Waals surface area contributed by atoms with Crippen molar-refractivity contribution >= 4 is 27.6 Å². The third-order valence-corrected chi connectivity index (χ3v) is 6.57. The van der Waals surface area contributed by atoms with Gasteiger partial charge in [0.05, 0.1) is 5.02 Å². The summed E-state index contributed by atoms with van der Waals surface area (Å²) in [6, 6.07) is 11.6. The Hall–Kier alpha value is -2.09. The first-order chi connectivity index (χ1) is 13.8. The van der Waals surface area contributed by atoms with Gasteiger partial charge < -0.3 is 13.8 Å². The van der Waals surface area contributed by atoms with E-state index in [4.69, 9.17) is 20.5 Å². The predicted molar refractivity (Wildman–Crippen MR) is 110 cm³/mol. The molecule has 0 radical (unpaired) electrons. The molecule has 0 aliphatic heterocycles. The maximum absolute atomic E-state index is 12.7. The first kappa shape index (κ1) is 21.6. The number of aryl methyl sites for hydroxylation is 1. The third kappa shape index (κ3) is 5.72. The molecule has 0 N–H and O–H groups in total. The lowest BCUT2D eigenvalue weighted by molar-refractivity contribution is -0.136. The Bertz CT molecular complexity index is 968. The van der Waals surface area contributed by atoms with Crippen molar-refractivity contribution in [1.29, 1.82) is 0 Å². The zero-order valence-electron chi connectivity index (χ0n) is 16.4. The highest BCUT2D eigenvalue weighted by atomic mass is 35.5. The third-order valence-electron chi connectivity index (χ3n) is 4.69. The normalized spacial score (nSPS) is 13.9. The Morgan fingerprint density at radius 2 is 1.93 bits per heavy atom. The molecule has 156 valence electrons. The van der Waals surface area contributed by atoms with E-state index >= 15 is 0 Å². The molecule has 0 saturated heterocycles. The molecule has 1 saturated carbocycles. The minimum Gasteiger partial charge on any atom is -0.379 e. The quantitative estimate of drug-likeness (QED) is 0.558. The topological polar surface area (TPSA) is 72.9 Å². The smallest absolute Gasteiger partial charge is 0.340 e. The molecule has 1 amide bonds.